The lowest BCUT2D eigenvalue weighted by Crippen LogP contribution is -2.46. The lowest BCUT2D eigenvalue weighted by molar-refractivity contribution is -0.0316. The number of hydrogen-bond donors (Lipinski definition) is 3. The smallest absolute Gasteiger partial charge is 0.161 e. The van der Waals surface area contributed by atoms with Crippen LogP contribution in [0.15, 0.2) is 18.2 Å². The molecule has 3 N–H and O–H groups in total. The molecule has 3 rings (SSSR count). The minimum absolute atomic E-state index is 0.182. The van der Waals surface area contributed by atoms with Gasteiger partial charge in [0.15, 0.2) is 11.5 Å². The number of rotatable bonds is 12. The second-order valence-corrected chi connectivity index (χ2v) is 9.46. The van der Waals surface area contributed by atoms with Gasteiger partial charge in [-0.3, -0.25) is 4.90 Å². The number of aliphatic hydroxyl groups is 2. The predicted octanol–water partition coefficient (Wildman–Crippen LogP) is 2.37. The largest absolute Gasteiger partial charge is 0.493 e. The molecule has 0 radical (unpaired) electrons. The first kappa shape index (κ1) is 25.2. The zero-order valence-corrected chi connectivity index (χ0v) is 20.0. The van der Waals surface area contributed by atoms with Gasteiger partial charge in [0.05, 0.1) is 25.9 Å². The van der Waals surface area contributed by atoms with Crippen LogP contribution in [0.4, 0.5) is 0 Å². The van der Waals surface area contributed by atoms with Crippen LogP contribution in [0.25, 0.3) is 0 Å². The number of hydrogen-bond acceptors (Lipinski definition) is 7. The highest BCUT2D eigenvalue weighted by Crippen LogP contribution is 2.30. The summed E-state index contributed by atoms with van der Waals surface area (Å²) in [5.41, 5.74) is 1.14. The summed E-state index contributed by atoms with van der Waals surface area (Å²) in [6, 6.07) is 6.70. The van der Waals surface area contributed by atoms with Gasteiger partial charge in [0.2, 0.25) is 0 Å². The minimum Gasteiger partial charge on any atom is -0.493 e. The zero-order valence-electron chi connectivity index (χ0n) is 20.0. The van der Waals surface area contributed by atoms with Crippen LogP contribution >= 0.6 is 0 Å². The number of benzene rings is 1. The summed E-state index contributed by atoms with van der Waals surface area (Å²) in [4.78, 5) is 2.43. The number of nitrogens with one attached hydrogen (secondary N) is 1. The lowest BCUT2D eigenvalue weighted by atomic mass is 9.91. The van der Waals surface area contributed by atoms with Crippen molar-refractivity contribution in [1.82, 2.24) is 10.2 Å². The highest BCUT2D eigenvalue weighted by Gasteiger charge is 2.34. The molecular weight excluding hydrogens is 408 g/mol. The van der Waals surface area contributed by atoms with E-state index in [1.165, 1.54) is 12.8 Å². The first-order valence-electron chi connectivity index (χ1n) is 12.2. The summed E-state index contributed by atoms with van der Waals surface area (Å²) >= 11 is 0. The number of likely N-dealkylation sites (tertiary alicyclic amines) is 1. The van der Waals surface area contributed by atoms with Crippen LogP contribution < -0.4 is 14.8 Å². The fourth-order valence-corrected chi connectivity index (χ4v) is 4.69. The summed E-state index contributed by atoms with van der Waals surface area (Å²) in [6.07, 6.45) is 5.91. The zero-order chi connectivity index (χ0) is 22.9. The van der Waals surface area contributed by atoms with Gasteiger partial charge in [-0.15, -0.1) is 0 Å². The second-order valence-electron chi connectivity index (χ2n) is 9.46. The molecule has 182 valence electrons. The first-order chi connectivity index (χ1) is 15.5. The predicted molar refractivity (Wildman–Crippen MR) is 126 cm³/mol. The summed E-state index contributed by atoms with van der Waals surface area (Å²) < 4.78 is 17.6. The molecule has 2 fully saturated rings. The lowest BCUT2D eigenvalue weighted by Gasteiger charge is -2.37. The molecule has 1 saturated heterocycles. The summed E-state index contributed by atoms with van der Waals surface area (Å²) in [6.45, 7) is 7.23. The number of aliphatic hydroxyl groups excluding tert-OH is 2. The normalized spacial score (nSPS) is 25.2. The van der Waals surface area contributed by atoms with Crippen molar-refractivity contribution in [2.24, 2.45) is 0 Å². The molecule has 2 aliphatic rings. The average Bonchev–Trinajstić information content (AvgIpc) is 3.23. The summed E-state index contributed by atoms with van der Waals surface area (Å²) in [7, 11) is 1.64. The van der Waals surface area contributed by atoms with Gasteiger partial charge in [-0.1, -0.05) is 32.8 Å². The van der Waals surface area contributed by atoms with Gasteiger partial charge in [-0.2, -0.15) is 0 Å². The van der Waals surface area contributed by atoms with Crippen molar-refractivity contribution in [3.63, 3.8) is 0 Å². The van der Waals surface area contributed by atoms with Crippen molar-refractivity contribution in [2.45, 2.75) is 82.8 Å². The molecule has 0 aromatic heterocycles. The molecule has 1 heterocycles. The molecule has 1 saturated carbocycles. The minimum atomic E-state index is -0.574. The van der Waals surface area contributed by atoms with Crippen LogP contribution in [0, 0.1) is 0 Å². The van der Waals surface area contributed by atoms with Gasteiger partial charge >= 0.3 is 0 Å². The van der Waals surface area contributed by atoms with Gasteiger partial charge < -0.3 is 29.7 Å². The van der Waals surface area contributed by atoms with E-state index in [0.717, 1.165) is 44.3 Å². The molecule has 1 aromatic rings. The van der Waals surface area contributed by atoms with E-state index in [2.05, 4.69) is 10.2 Å². The molecule has 7 heteroatoms. The Hall–Kier alpha value is -1.38. The fourth-order valence-electron chi connectivity index (χ4n) is 4.69. The SMILES string of the molecule is COc1cc(CCO[C@H]2CCCC[C@@H]2N2CC[C@@H](O)C2)ccc1OCC(O)CNC(C)C. The van der Waals surface area contributed by atoms with Gasteiger partial charge in [-0.25, -0.2) is 0 Å². The molecule has 32 heavy (non-hydrogen) atoms. The third kappa shape index (κ3) is 7.59. The Labute approximate surface area is 193 Å². The van der Waals surface area contributed by atoms with E-state index < -0.39 is 6.10 Å². The van der Waals surface area contributed by atoms with Crippen molar-refractivity contribution < 1.29 is 24.4 Å². The Morgan fingerprint density at radius 2 is 1.97 bits per heavy atom. The molecule has 1 aliphatic heterocycles. The Kier molecular flexibility index (Phi) is 10.1. The van der Waals surface area contributed by atoms with Crippen LogP contribution in [0.2, 0.25) is 0 Å². The van der Waals surface area contributed by atoms with E-state index in [0.29, 0.717) is 36.7 Å². The van der Waals surface area contributed by atoms with Crippen LogP contribution in [0.5, 0.6) is 11.5 Å². The van der Waals surface area contributed by atoms with Gasteiger partial charge in [-0.05, 0) is 43.4 Å². The molecule has 1 aromatic carbocycles. The molecule has 4 atom stereocenters. The Morgan fingerprint density at radius 3 is 2.69 bits per heavy atom. The number of methoxy groups -OCH3 is 1. The maximum Gasteiger partial charge on any atom is 0.161 e. The molecule has 0 spiro atoms. The third-order valence-corrected chi connectivity index (χ3v) is 6.48. The van der Waals surface area contributed by atoms with Crippen LogP contribution in [0.1, 0.15) is 51.5 Å². The highest BCUT2D eigenvalue weighted by molar-refractivity contribution is 5.43. The van der Waals surface area contributed by atoms with Crippen molar-refractivity contribution in [3.05, 3.63) is 23.8 Å². The molecule has 0 amide bonds. The second kappa shape index (κ2) is 12.8. The van der Waals surface area contributed by atoms with Crippen LogP contribution in [0.3, 0.4) is 0 Å². The van der Waals surface area contributed by atoms with Gasteiger partial charge in [0.1, 0.15) is 12.7 Å². The van der Waals surface area contributed by atoms with Crippen molar-refractivity contribution in [3.8, 4) is 11.5 Å². The van der Waals surface area contributed by atoms with E-state index in [4.69, 9.17) is 14.2 Å². The topological polar surface area (TPSA) is 83.4 Å². The number of ether oxygens (including phenoxy) is 3. The molecule has 0 bridgehead atoms. The van der Waals surface area contributed by atoms with Crippen LogP contribution in [-0.2, 0) is 11.2 Å². The Balaban J connectivity index is 1.47. The monoisotopic (exact) mass is 450 g/mol. The van der Waals surface area contributed by atoms with Gasteiger partial charge in [0.25, 0.3) is 0 Å². The maximum absolute atomic E-state index is 10.1. The fraction of sp³-hybridized carbons (Fsp3) is 0.760. The quantitative estimate of drug-likeness (QED) is 0.451. The van der Waals surface area contributed by atoms with E-state index in [9.17, 15) is 10.2 Å². The van der Waals surface area contributed by atoms with Crippen molar-refractivity contribution in [1.29, 1.82) is 0 Å². The molecule has 1 unspecified atom stereocenters. The Bertz CT molecular complexity index is 686. The highest BCUT2D eigenvalue weighted by atomic mass is 16.5. The van der Waals surface area contributed by atoms with Crippen LogP contribution in [-0.4, -0.2) is 85.5 Å². The molecule has 7 nitrogen and oxygen atoms in total. The first-order valence-corrected chi connectivity index (χ1v) is 12.2. The van der Waals surface area contributed by atoms with Crippen molar-refractivity contribution in [2.75, 3.05) is 40.0 Å². The Morgan fingerprint density at radius 1 is 1.16 bits per heavy atom. The summed E-state index contributed by atoms with van der Waals surface area (Å²) in [5, 5.41) is 23.2. The van der Waals surface area contributed by atoms with E-state index in [1.807, 2.05) is 32.0 Å². The molecular formula is C25H42N2O5. The molecule has 1 aliphatic carbocycles. The number of β-amino-alcohol motifs (C(OH)–C–C–N with tert-alkyl or cyclic N) is 1. The van der Waals surface area contributed by atoms with E-state index in [1.54, 1.807) is 7.11 Å². The number of nitrogens with zero attached hydrogens (tertiary/aromatic N) is 1. The average molecular weight is 451 g/mol. The summed E-state index contributed by atoms with van der Waals surface area (Å²) in [5.74, 6) is 1.31. The third-order valence-electron chi connectivity index (χ3n) is 6.48. The van der Waals surface area contributed by atoms with E-state index in [-0.39, 0.29) is 18.8 Å². The van der Waals surface area contributed by atoms with Crippen molar-refractivity contribution >= 4 is 0 Å². The maximum atomic E-state index is 10.1. The van der Waals surface area contributed by atoms with E-state index >= 15 is 0 Å². The standard InChI is InChI=1S/C25H42N2O5/c1-18(2)26-15-21(29)17-32-24-9-8-19(14-25(24)30-3)11-13-31-23-7-5-4-6-22(23)27-12-10-20(28)16-27/h8-9,14,18,20-23,26,28-29H,4-7,10-13,15-17H2,1-3H3/t20-,21?,22+,23+/m1/s1. The van der Waals surface area contributed by atoms with Gasteiger partial charge in [0, 0.05) is 31.7 Å².